The Hall–Kier alpha value is -2.86. The number of methoxy groups -OCH3 is 1. The predicted octanol–water partition coefficient (Wildman–Crippen LogP) is 4.43. The summed E-state index contributed by atoms with van der Waals surface area (Å²) in [5, 5.41) is 2.77. The average Bonchev–Trinajstić information content (AvgIpc) is 3.39. The number of carbonyl (C=O) groups excluding carboxylic acids is 1. The van der Waals surface area contributed by atoms with E-state index >= 15 is 0 Å². The molecule has 1 heterocycles. The van der Waals surface area contributed by atoms with Crippen molar-refractivity contribution in [2.75, 3.05) is 13.7 Å². The van der Waals surface area contributed by atoms with Gasteiger partial charge in [0.15, 0.2) is 6.61 Å². The van der Waals surface area contributed by atoms with Crippen LogP contribution in [-0.4, -0.2) is 24.7 Å². The lowest BCUT2D eigenvalue weighted by Crippen LogP contribution is -2.15. The Morgan fingerprint density at radius 2 is 1.86 bits per heavy atom. The minimum atomic E-state index is -0.403. The van der Waals surface area contributed by atoms with E-state index in [4.69, 9.17) is 14.2 Å². The highest BCUT2D eigenvalue weighted by atomic mass is 32.1. The molecule has 28 heavy (non-hydrogen) atoms. The molecule has 0 unspecified atom stereocenters. The molecule has 0 saturated heterocycles. The Bertz CT molecular complexity index is 965. The number of benzene rings is 2. The van der Waals surface area contributed by atoms with E-state index in [1.54, 1.807) is 7.11 Å². The summed E-state index contributed by atoms with van der Waals surface area (Å²) >= 11 is 1.51. The SMILES string of the molecule is COc1ccc(-c2nc(COC(=O)COc3ccc4c(c3)CCC4)cs2)cc1. The number of hydrogen-bond acceptors (Lipinski definition) is 6. The van der Waals surface area contributed by atoms with E-state index in [0.29, 0.717) is 5.75 Å². The number of ether oxygens (including phenoxy) is 3. The third-order valence-corrected chi connectivity index (χ3v) is 5.64. The third-order valence-electron chi connectivity index (χ3n) is 4.70. The van der Waals surface area contributed by atoms with Gasteiger partial charge in [0.2, 0.25) is 0 Å². The predicted molar refractivity (Wildman–Crippen MR) is 108 cm³/mol. The molecule has 5 nitrogen and oxygen atoms in total. The number of carbonyl (C=O) groups is 1. The summed E-state index contributed by atoms with van der Waals surface area (Å²) in [7, 11) is 1.64. The first kappa shape index (κ1) is 18.5. The molecule has 0 radical (unpaired) electrons. The first-order valence-corrected chi connectivity index (χ1v) is 10.1. The van der Waals surface area contributed by atoms with E-state index in [0.717, 1.165) is 34.9 Å². The molecule has 4 rings (SSSR count). The van der Waals surface area contributed by atoms with E-state index in [1.807, 2.05) is 41.8 Å². The van der Waals surface area contributed by atoms with E-state index in [2.05, 4.69) is 11.1 Å². The normalized spacial score (nSPS) is 12.5. The van der Waals surface area contributed by atoms with Gasteiger partial charge in [-0.15, -0.1) is 11.3 Å². The molecular weight excluding hydrogens is 374 g/mol. The number of aryl methyl sites for hydroxylation is 2. The van der Waals surface area contributed by atoms with Crippen molar-refractivity contribution in [2.24, 2.45) is 0 Å². The maximum Gasteiger partial charge on any atom is 0.344 e. The van der Waals surface area contributed by atoms with Crippen molar-refractivity contribution >= 4 is 17.3 Å². The summed E-state index contributed by atoms with van der Waals surface area (Å²) in [6.07, 6.45) is 3.40. The fourth-order valence-electron chi connectivity index (χ4n) is 3.22. The molecule has 0 N–H and O–H groups in total. The topological polar surface area (TPSA) is 57.7 Å². The van der Waals surface area contributed by atoms with E-state index < -0.39 is 5.97 Å². The summed E-state index contributed by atoms with van der Waals surface area (Å²) in [6.45, 7) is 0.0350. The van der Waals surface area contributed by atoms with Crippen LogP contribution in [0.25, 0.3) is 10.6 Å². The molecule has 0 saturated carbocycles. The van der Waals surface area contributed by atoms with Gasteiger partial charge in [-0.2, -0.15) is 0 Å². The first-order chi connectivity index (χ1) is 13.7. The highest BCUT2D eigenvalue weighted by Crippen LogP contribution is 2.27. The van der Waals surface area contributed by atoms with Crippen LogP contribution in [0.4, 0.5) is 0 Å². The molecule has 0 fully saturated rings. The minimum absolute atomic E-state index is 0.103. The van der Waals surface area contributed by atoms with Gasteiger partial charge < -0.3 is 14.2 Å². The molecule has 1 aliphatic rings. The van der Waals surface area contributed by atoms with Crippen molar-refractivity contribution in [3.63, 3.8) is 0 Å². The van der Waals surface area contributed by atoms with Gasteiger partial charge >= 0.3 is 5.97 Å². The van der Waals surface area contributed by atoms with Gasteiger partial charge in [-0.1, -0.05) is 6.07 Å². The second-order valence-electron chi connectivity index (χ2n) is 6.61. The lowest BCUT2D eigenvalue weighted by Gasteiger charge is -2.08. The van der Waals surface area contributed by atoms with E-state index in [9.17, 15) is 4.79 Å². The number of rotatable bonds is 7. The molecule has 1 aliphatic carbocycles. The largest absolute Gasteiger partial charge is 0.497 e. The second-order valence-corrected chi connectivity index (χ2v) is 7.46. The molecule has 1 aromatic heterocycles. The zero-order chi connectivity index (χ0) is 19.3. The maximum absolute atomic E-state index is 12.0. The number of aromatic nitrogens is 1. The van der Waals surface area contributed by atoms with Crippen LogP contribution in [0.1, 0.15) is 23.2 Å². The Morgan fingerprint density at radius 1 is 1.07 bits per heavy atom. The molecule has 6 heteroatoms. The molecule has 144 valence electrons. The zero-order valence-corrected chi connectivity index (χ0v) is 16.5. The highest BCUT2D eigenvalue weighted by molar-refractivity contribution is 7.13. The number of fused-ring (bicyclic) bond motifs is 1. The molecule has 0 amide bonds. The Labute approximate surface area is 167 Å². The summed E-state index contributed by atoms with van der Waals surface area (Å²) in [4.78, 5) is 16.5. The van der Waals surface area contributed by atoms with Crippen LogP contribution in [0.5, 0.6) is 11.5 Å². The zero-order valence-electron chi connectivity index (χ0n) is 15.6. The average molecular weight is 395 g/mol. The molecule has 2 aromatic carbocycles. The van der Waals surface area contributed by atoms with Gasteiger partial charge in [0.1, 0.15) is 23.1 Å². The quantitative estimate of drug-likeness (QED) is 0.554. The lowest BCUT2D eigenvalue weighted by molar-refractivity contribution is -0.147. The molecule has 3 aromatic rings. The van der Waals surface area contributed by atoms with E-state index in [1.165, 1.54) is 28.9 Å². The van der Waals surface area contributed by atoms with E-state index in [-0.39, 0.29) is 13.2 Å². The second kappa shape index (κ2) is 8.44. The van der Waals surface area contributed by atoms with Crippen LogP contribution in [0.2, 0.25) is 0 Å². The third kappa shape index (κ3) is 4.34. The van der Waals surface area contributed by atoms with Gasteiger partial charge in [0.05, 0.1) is 12.8 Å². The van der Waals surface area contributed by atoms with Crippen LogP contribution in [0, 0.1) is 0 Å². The summed E-state index contributed by atoms with van der Waals surface area (Å²) in [6, 6.07) is 13.7. The maximum atomic E-state index is 12.0. The highest BCUT2D eigenvalue weighted by Gasteiger charge is 2.13. The monoisotopic (exact) mass is 395 g/mol. The van der Waals surface area contributed by atoms with Crippen LogP contribution in [0.3, 0.4) is 0 Å². The Kier molecular flexibility index (Phi) is 5.58. The first-order valence-electron chi connectivity index (χ1n) is 9.20. The summed E-state index contributed by atoms with van der Waals surface area (Å²) < 4.78 is 16.0. The number of esters is 1. The van der Waals surface area contributed by atoms with Crippen molar-refractivity contribution in [3.05, 3.63) is 64.7 Å². The Morgan fingerprint density at radius 3 is 2.68 bits per heavy atom. The standard InChI is InChI=1S/C22H21NO4S/c1-25-19-8-6-16(7-9-19)22-23-18(14-28-22)12-27-21(24)13-26-20-10-5-15-3-2-4-17(15)11-20/h5-11,14H,2-4,12-13H2,1H3. The van der Waals surface area contributed by atoms with Gasteiger partial charge in [0.25, 0.3) is 0 Å². The molecule has 0 spiro atoms. The van der Waals surface area contributed by atoms with Gasteiger partial charge in [-0.3, -0.25) is 0 Å². The van der Waals surface area contributed by atoms with Crippen LogP contribution >= 0.6 is 11.3 Å². The van der Waals surface area contributed by atoms with Gasteiger partial charge in [-0.05, 0) is 66.8 Å². The Balaban J connectivity index is 1.27. The summed E-state index contributed by atoms with van der Waals surface area (Å²) in [5.74, 6) is 1.12. The number of nitrogens with zero attached hydrogens (tertiary/aromatic N) is 1. The van der Waals surface area contributed by atoms with Crippen molar-refractivity contribution < 1.29 is 19.0 Å². The smallest absolute Gasteiger partial charge is 0.344 e. The number of thiazole rings is 1. The van der Waals surface area contributed by atoms with Crippen molar-refractivity contribution in [1.29, 1.82) is 0 Å². The van der Waals surface area contributed by atoms with Crippen molar-refractivity contribution in [1.82, 2.24) is 4.98 Å². The van der Waals surface area contributed by atoms with Crippen LogP contribution < -0.4 is 9.47 Å². The van der Waals surface area contributed by atoms with Gasteiger partial charge in [0, 0.05) is 10.9 Å². The molecule has 0 aliphatic heterocycles. The van der Waals surface area contributed by atoms with Crippen LogP contribution in [0.15, 0.2) is 47.8 Å². The van der Waals surface area contributed by atoms with Gasteiger partial charge in [-0.25, -0.2) is 9.78 Å². The van der Waals surface area contributed by atoms with Crippen molar-refractivity contribution in [2.45, 2.75) is 25.9 Å². The number of hydrogen-bond donors (Lipinski definition) is 0. The fraction of sp³-hybridized carbons (Fsp3) is 0.273. The molecule has 0 bridgehead atoms. The van der Waals surface area contributed by atoms with Crippen LogP contribution in [-0.2, 0) is 29.0 Å². The fourth-order valence-corrected chi connectivity index (χ4v) is 4.03. The lowest BCUT2D eigenvalue weighted by atomic mass is 10.1. The molecule has 0 atom stereocenters. The minimum Gasteiger partial charge on any atom is -0.497 e. The summed E-state index contributed by atoms with van der Waals surface area (Å²) in [5.41, 5.74) is 4.43. The van der Waals surface area contributed by atoms with Crippen molar-refractivity contribution in [3.8, 4) is 22.1 Å². The molecular formula is C22H21NO4S.